The summed E-state index contributed by atoms with van der Waals surface area (Å²) in [5.41, 5.74) is 6.63. The van der Waals surface area contributed by atoms with Gasteiger partial charge in [-0.15, -0.1) is 0 Å². The minimum Gasteiger partial charge on any atom is -0.322 e. The summed E-state index contributed by atoms with van der Waals surface area (Å²) in [6.07, 6.45) is 1.83. The number of hydrogen-bond donors (Lipinski definition) is 1. The zero-order chi connectivity index (χ0) is 27.4. The second-order valence-corrected chi connectivity index (χ2v) is 11.9. The monoisotopic (exact) mass is 554 g/mol. The average molecular weight is 555 g/mol. The van der Waals surface area contributed by atoms with Crippen LogP contribution in [0.2, 0.25) is 5.02 Å². The van der Waals surface area contributed by atoms with Gasteiger partial charge in [0.2, 0.25) is 11.8 Å². The maximum absolute atomic E-state index is 13.0. The first-order valence-corrected chi connectivity index (χ1v) is 14.4. The summed E-state index contributed by atoms with van der Waals surface area (Å²) in [6, 6.07) is 23.3. The summed E-state index contributed by atoms with van der Waals surface area (Å²) >= 11 is 6.12. The zero-order valence-corrected chi connectivity index (χ0v) is 22.9. The smallest absolute Gasteiger partial charge is 0.255 e. The predicted octanol–water partition coefficient (Wildman–Crippen LogP) is 4.23. The number of carbonyl (C=O) groups excluding carboxylic acids is 3. The molecule has 0 aliphatic carbocycles. The van der Waals surface area contributed by atoms with Gasteiger partial charge in [-0.3, -0.25) is 29.5 Å². The number of imide groups is 1. The summed E-state index contributed by atoms with van der Waals surface area (Å²) in [5, 5.41) is 3.12. The molecule has 7 rings (SSSR count). The minimum atomic E-state index is -0.578. The Labute approximate surface area is 238 Å². The van der Waals surface area contributed by atoms with Crippen molar-refractivity contribution in [2.45, 2.75) is 57.0 Å². The van der Waals surface area contributed by atoms with E-state index in [0.717, 1.165) is 36.8 Å². The van der Waals surface area contributed by atoms with Crippen molar-refractivity contribution in [3.63, 3.8) is 0 Å². The van der Waals surface area contributed by atoms with E-state index in [1.54, 1.807) is 4.90 Å². The van der Waals surface area contributed by atoms with Crippen molar-refractivity contribution in [2.24, 2.45) is 0 Å². The van der Waals surface area contributed by atoms with Crippen LogP contribution in [0.3, 0.4) is 0 Å². The van der Waals surface area contributed by atoms with Gasteiger partial charge in [0, 0.05) is 61.8 Å². The number of nitrogens with zero attached hydrogens (tertiary/aromatic N) is 3. The van der Waals surface area contributed by atoms with Crippen LogP contribution in [0.1, 0.15) is 46.3 Å². The number of nitrogens with one attached hydrogen (secondary N) is 1. The van der Waals surface area contributed by atoms with Crippen LogP contribution in [0, 0.1) is 0 Å². The topological polar surface area (TPSA) is 73.0 Å². The number of piperidine rings is 1. The summed E-state index contributed by atoms with van der Waals surface area (Å²) < 4.78 is 0. The van der Waals surface area contributed by atoms with E-state index in [2.05, 4.69) is 63.6 Å². The van der Waals surface area contributed by atoms with Gasteiger partial charge in [-0.25, -0.2) is 0 Å². The van der Waals surface area contributed by atoms with Gasteiger partial charge in [0.25, 0.3) is 5.91 Å². The number of hydrogen-bond acceptors (Lipinski definition) is 5. The average Bonchev–Trinajstić information content (AvgIpc) is 3.62. The molecular formula is C32H31ClN4O3. The van der Waals surface area contributed by atoms with Crippen LogP contribution in [0.4, 0.5) is 0 Å². The Balaban J connectivity index is 0.998. The molecule has 3 fully saturated rings. The number of benzene rings is 3. The molecule has 40 heavy (non-hydrogen) atoms. The highest BCUT2D eigenvalue weighted by Gasteiger charge is 2.43. The highest BCUT2D eigenvalue weighted by molar-refractivity contribution is 6.30. The quantitative estimate of drug-likeness (QED) is 0.462. The second-order valence-electron chi connectivity index (χ2n) is 11.5. The lowest BCUT2D eigenvalue weighted by molar-refractivity contribution is -0.136. The van der Waals surface area contributed by atoms with E-state index < -0.39 is 6.04 Å². The van der Waals surface area contributed by atoms with E-state index in [1.807, 2.05) is 18.2 Å². The van der Waals surface area contributed by atoms with Crippen molar-refractivity contribution in [1.82, 2.24) is 20.0 Å². The van der Waals surface area contributed by atoms with Crippen molar-refractivity contribution < 1.29 is 14.4 Å². The van der Waals surface area contributed by atoms with Gasteiger partial charge in [0.05, 0.1) is 0 Å². The first kappa shape index (κ1) is 25.4. The highest BCUT2D eigenvalue weighted by Crippen LogP contribution is 2.36. The van der Waals surface area contributed by atoms with Crippen LogP contribution >= 0.6 is 11.6 Å². The van der Waals surface area contributed by atoms with Gasteiger partial charge in [-0.2, -0.15) is 0 Å². The molecule has 0 radical (unpaired) electrons. The van der Waals surface area contributed by atoms with E-state index >= 15 is 0 Å². The minimum absolute atomic E-state index is 0.120. The molecule has 4 heterocycles. The molecule has 204 valence electrons. The number of piperazine rings is 1. The first-order valence-electron chi connectivity index (χ1n) is 14.0. The molecular weight excluding hydrogens is 524 g/mol. The molecule has 4 aliphatic heterocycles. The molecule has 8 heteroatoms. The van der Waals surface area contributed by atoms with Gasteiger partial charge in [0.1, 0.15) is 6.04 Å². The van der Waals surface area contributed by atoms with Crippen molar-refractivity contribution >= 4 is 29.3 Å². The molecule has 0 aromatic heterocycles. The Morgan fingerprint density at radius 3 is 2.35 bits per heavy atom. The molecule has 2 bridgehead atoms. The van der Waals surface area contributed by atoms with Crippen LogP contribution < -0.4 is 5.32 Å². The van der Waals surface area contributed by atoms with Crippen molar-refractivity contribution in [3.05, 3.63) is 94.0 Å². The molecule has 3 aromatic rings. The number of halogens is 1. The lowest BCUT2D eigenvalue weighted by Gasteiger charge is -2.34. The second kappa shape index (κ2) is 10.1. The van der Waals surface area contributed by atoms with Crippen molar-refractivity contribution in [1.29, 1.82) is 0 Å². The Morgan fingerprint density at radius 1 is 0.850 bits per heavy atom. The number of fused-ring (bicyclic) bond motifs is 3. The Kier molecular flexibility index (Phi) is 6.45. The Morgan fingerprint density at radius 2 is 1.60 bits per heavy atom. The van der Waals surface area contributed by atoms with Crippen LogP contribution in [0.25, 0.3) is 11.1 Å². The molecule has 0 saturated carbocycles. The number of amides is 3. The maximum atomic E-state index is 13.0. The standard InChI is InChI=1S/C32H31ClN4O3/c33-24-8-6-21(7-9-24)27-4-2-1-3-22(27)16-36-19-25-14-26(36)18-35(25)15-20-5-10-28-23(13-20)17-37(32(28)40)29-11-12-30(38)34-31(29)39/h1-10,13,25-26,29H,11-12,14-19H2,(H,34,38,39)/t25-,26-,29?/m1/s1. The third kappa shape index (κ3) is 4.62. The zero-order valence-electron chi connectivity index (χ0n) is 22.2. The van der Waals surface area contributed by atoms with E-state index in [0.29, 0.717) is 30.6 Å². The number of likely N-dealkylation sites (tertiary alicyclic amines) is 2. The predicted molar refractivity (Wildman–Crippen MR) is 152 cm³/mol. The highest BCUT2D eigenvalue weighted by atomic mass is 35.5. The van der Waals surface area contributed by atoms with Gasteiger partial charge in [-0.05, 0) is 58.9 Å². The Hall–Kier alpha value is -3.52. The van der Waals surface area contributed by atoms with E-state index in [-0.39, 0.29) is 24.1 Å². The van der Waals surface area contributed by atoms with Crippen LogP contribution in [0.15, 0.2) is 66.7 Å². The number of carbonyl (C=O) groups is 3. The molecule has 3 atom stereocenters. The normalized spacial score (nSPS) is 24.6. The summed E-state index contributed by atoms with van der Waals surface area (Å²) in [6.45, 7) is 4.29. The third-order valence-electron chi connectivity index (χ3n) is 8.99. The summed E-state index contributed by atoms with van der Waals surface area (Å²) in [4.78, 5) is 43.8. The Bertz CT molecular complexity index is 1510. The maximum Gasteiger partial charge on any atom is 0.255 e. The fourth-order valence-electron chi connectivity index (χ4n) is 6.97. The van der Waals surface area contributed by atoms with Crippen molar-refractivity contribution in [2.75, 3.05) is 13.1 Å². The molecule has 4 aliphatic rings. The molecule has 1 unspecified atom stereocenters. The lowest BCUT2D eigenvalue weighted by Crippen LogP contribution is -2.52. The van der Waals surface area contributed by atoms with Crippen LogP contribution in [0.5, 0.6) is 0 Å². The van der Waals surface area contributed by atoms with Gasteiger partial charge < -0.3 is 4.90 Å². The molecule has 1 N–H and O–H groups in total. The third-order valence-corrected chi connectivity index (χ3v) is 9.24. The SMILES string of the molecule is O=C1CCC(N2Cc3cc(CN4C[C@H]5C[C@@H]4CN5Cc4ccccc4-c4ccc(Cl)cc4)ccc3C2=O)C(=O)N1. The largest absolute Gasteiger partial charge is 0.322 e. The summed E-state index contributed by atoms with van der Waals surface area (Å²) in [7, 11) is 0. The van der Waals surface area contributed by atoms with Crippen molar-refractivity contribution in [3.8, 4) is 11.1 Å². The molecule has 3 aromatic carbocycles. The lowest BCUT2D eigenvalue weighted by atomic mass is 9.99. The fraction of sp³-hybridized carbons (Fsp3) is 0.344. The van der Waals surface area contributed by atoms with E-state index in [4.69, 9.17) is 11.6 Å². The van der Waals surface area contributed by atoms with E-state index in [9.17, 15) is 14.4 Å². The van der Waals surface area contributed by atoms with Crippen LogP contribution in [-0.2, 0) is 29.2 Å². The van der Waals surface area contributed by atoms with Gasteiger partial charge in [0.15, 0.2) is 0 Å². The molecule has 3 saturated heterocycles. The molecule has 7 nitrogen and oxygen atoms in total. The number of rotatable bonds is 6. The molecule has 3 amide bonds. The summed E-state index contributed by atoms with van der Waals surface area (Å²) in [5.74, 6) is -0.756. The van der Waals surface area contributed by atoms with Crippen LogP contribution in [-0.4, -0.2) is 63.6 Å². The first-order chi connectivity index (χ1) is 19.4. The van der Waals surface area contributed by atoms with Gasteiger partial charge in [-0.1, -0.05) is 60.1 Å². The van der Waals surface area contributed by atoms with Gasteiger partial charge >= 0.3 is 0 Å². The fourth-order valence-corrected chi connectivity index (χ4v) is 7.09. The molecule has 0 spiro atoms. The van der Waals surface area contributed by atoms with E-state index in [1.165, 1.54) is 28.7 Å².